The summed E-state index contributed by atoms with van der Waals surface area (Å²) >= 11 is 0. The predicted molar refractivity (Wildman–Crippen MR) is 79.3 cm³/mol. The first kappa shape index (κ1) is 16.5. The van der Waals surface area contributed by atoms with Crippen LogP contribution in [0.1, 0.15) is 20.7 Å². The van der Waals surface area contributed by atoms with Crippen LogP contribution < -0.4 is 9.47 Å². The molecule has 10 nitrogen and oxygen atoms in total. The molecule has 4 aliphatic heterocycles. The first-order chi connectivity index (χ1) is 11.7. The molecular weight excluding hydrogens is 358 g/mol. The van der Waals surface area contributed by atoms with Gasteiger partial charge >= 0.3 is 11.9 Å². The molecule has 25 heavy (non-hydrogen) atoms. The van der Waals surface area contributed by atoms with Gasteiger partial charge in [-0.05, 0) is 24.3 Å². The van der Waals surface area contributed by atoms with Crippen molar-refractivity contribution in [3.8, 4) is 11.5 Å². The van der Waals surface area contributed by atoms with Gasteiger partial charge in [0.2, 0.25) is 0 Å². The lowest BCUT2D eigenvalue weighted by Crippen LogP contribution is -2.17. The van der Waals surface area contributed by atoms with Gasteiger partial charge in [0.15, 0.2) is 5.75 Å². The first-order valence-electron chi connectivity index (χ1n) is 6.51. The molecule has 1 N–H and O–H groups in total. The molecule has 2 aromatic rings. The number of benzene rings is 2. The third kappa shape index (κ3) is 3.05. The lowest BCUT2D eigenvalue weighted by molar-refractivity contribution is -0.385. The van der Waals surface area contributed by atoms with E-state index in [1.54, 1.807) is 0 Å². The van der Waals surface area contributed by atoms with Gasteiger partial charge in [-0.15, -0.1) is 0 Å². The number of carbonyl (C=O) groups is 2. The van der Waals surface area contributed by atoms with Gasteiger partial charge < -0.3 is 9.47 Å². The van der Waals surface area contributed by atoms with E-state index in [2.05, 4.69) is 0 Å². The molecule has 0 aliphatic carbocycles. The SMILES string of the molecule is O=C1Oc2ccc(c(S(=O)(=O)O)c2)OC(=O)c2ccc1cc2[N+](=O)[O-]. The quantitative estimate of drug-likeness (QED) is 0.275. The molecule has 0 radical (unpaired) electrons. The van der Waals surface area contributed by atoms with Gasteiger partial charge in [-0.1, -0.05) is 0 Å². The standard InChI is InChI=1S/C14H7NO9S/c16-13-7-1-3-9(10(5-7)15(18)19)14(17)24-11-4-2-8(23-13)6-12(11)25(20,21)22/h1-6H,(H,20,21,22). The minimum Gasteiger partial charge on any atom is -0.423 e. The molecule has 128 valence electrons. The molecule has 0 spiro atoms. The van der Waals surface area contributed by atoms with Crippen LogP contribution in [0.15, 0.2) is 41.3 Å². The van der Waals surface area contributed by atoms with Crippen molar-refractivity contribution in [3.05, 3.63) is 57.6 Å². The normalized spacial score (nSPS) is 13.6. The fourth-order valence-corrected chi connectivity index (χ4v) is 2.77. The summed E-state index contributed by atoms with van der Waals surface area (Å²) in [7, 11) is -4.83. The number of esters is 2. The van der Waals surface area contributed by atoms with Crippen LogP contribution >= 0.6 is 0 Å². The van der Waals surface area contributed by atoms with Crippen LogP contribution in [0.3, 0.4) is 0 Å². The maximum absolute atomic E-state index is 12.2. The molecule has 11 heteroatoms. The minimum atomic E-state index is -4.83. The fraction of sp³-hybridized carbons (Fsp3) is 0. The van der Waals surface area contributed by atoms with Gasteiger partial charge in [-0.25, -0.2) is 9.59 Å². The molecule has 0 fully saturated rings. The van der Waals surface area contributed by atoms with Gasteiger partial charge in [0.25, 0.3) is 15.8 Å². The zero-order valence-corrected chi connectivity index (χ0v) is 12.8. The Morgan fingerprint density at radius 2 is 1.72 bits per heavy atom. The van der Waals surface area contributed by atoms with Crippen LogP contribution in [-0.4, -0.2) is 29.8 Å². The Morgan fingerprint density at radius 1 is 1.00 bits per heavy atom. The highest BCUT2D eigenvalue weighted by molar-refractivity contribution is 7.86. The van der Waals surface area contributed by atoms with E-state index in [9.17, 15) is 32.7 Å². The summed E-state index contributed by atoms with van der Waals surface area (Å²) < 4.78 is 42.0. The summed E-state index contributed by atoms with van der Waals surface area (Å²) in [6.07, 6.45) is 0. The molecule has 0 amide bonds. The molecule has 6 rings (SSSR count). The lowest BCUT2D eigenvalue weighted by Gasteiger charge is -2.13. The van der Waals surface area contributed by atoms with Crippen LogP contribution in [0.5, 0.6) is 11.5 Å². The summed E-state index contributed by atoms with van der Waals surface area (Å²) in [6.45, 7) is 0. The van der Waals surface area contributed by atoms with Crippen molar-refractivity contribution in [2.45, 2.75) is 4.90 Å². The zero-order chi connectivity index (χ0) is 18.4. The van der Waals surface area contributed by atoms with Crippen LogP contribution in [0.25, 0.3) is 0 Å². The number of carbonyl (C=O) groups excluding carboxylic acids is 2. The third-order valence-corrected chi connectivity index (χ3v) is 4.13. The topological polar surface area (TPSA) is 150 Å². The second-order valence-corrected chi connectivity index (χ2v) is 6.24. The molecule has 4 bridgehead atoms. The van der Waals surface area contributed by atoms with Crippen LogP contribution in [0.2, 0.25) is 0 Å². The highest BCUT2D eigenvalue weighted by atomic mass is 32.2. The third-order valence-electron chi connectivity index (χ3n) is 3.26. The second-order valence-electron chi connectivity index (χ2n) is 4.85. The van der Waals surface area contributed by atoms with E-state index in [1.807, 2.05) is 0 Å². The Bertz CT molecular complexity index is 1040. The molecule has 4 aliphatic rings. The van der Waals surface area contributed by atoms with Crippen molar-refractivity contribution in [3.63, 3.8) is 0 Å². The van der Waals surface area contributed by atoms with E-state index in [4.69, 9.17) is 9.47 Å². The number of hydrogen-bond donors (Lipinski definition) is 1. The zero-order valence-electron chi connectivity index (χ0n) is 12.0. The number of nitrogens with zero attached hydrogens (tertiary/aromatic N) is 1. The monoisotopic (exact) mass is 365 g/mol. The summed E-state index contributed by atoms with van der Waals surface area (Å²) in [5, 5.41) is 11.1. The number of hydrogen-bond acceptors (Lipinski definition) is 8. The van der Waals surface area contributed by atoms with Crippen molar-refractivity contribution in [1.29, 1.82) is 0 Å². The first-order valence-corrected chi connectivity index (χ1v) is 7.95. The highest BCUT2D eigenvalue weighted by Gasteiger charge is 2.28. The van der Waals surface area contributed by atoms with E-state index in [0.717, 1.165) is 36.4 Å². The van der Waals surface area contributed by atoms with Crippen molar-refractivity contribution in [2.75, 3.05) is 0 Å². The highest BCUT2D eigenvalue weighted by Crippen LogP contribution is 2.32. The summed E-state index contributed by atoms with van der Waals surface area (Å²) in [4.78, 5) is 33.7. The van der Waals surface area contributed by atoms with Gasteiger partial charge in [0.1, 0.15) is 16.2 Å². The lowest BCUT2D eigenvalue weighted by atomic mass is 10.1. The second kappa shape index (κ2) is 5.65. The van der Waals surface area contributed by atoms with Crippen LogP contribution in [0.4, 0.5) is 5.69 Å². The van der Waals surface area contributed by atoms with Gasteiger partial charge in [-0.3, -0.25) is 14.7 Å². The van der Waals surface area contributed by atoms with Crippen LogP contribution in [-0.2, 0) is 10.1 Å². The smallest absolute Gasteiger partial charge is 0.350 e. The molecule has 0 saturated carbocycles. The van der Waals surface area contributed by atoms with E-state index in [-0.39, 0.29) is 11.3 Å². The van der Waals surface area contributed by atoms with Gasteiger partial charge in [0.05, 0.1) is 10.5 Å². The van der Waals surface area contributed by atoms with Crippen LogP contribution in [0, 0.1) is 10.1 Å². The minimum absolute atomic E-state index is 0.235. The summed E-state index contributed by atoms with van der Waals surface area (Å²) in [6, 6.07) is 5.86. The van der Waals surface area contributed by atoms with Gasteiger partial charge in [-0.2, -0.15) is 8.42 Å². The van der Waals surface area contributed by atoms with E-state index in [0.29, 0.717) is 0 Å². The number of rotatable bonds is 2. The number of nitro groups is 1. The Hall–Kier alpha value is -3.31. The average molecular weight is 365 g/mol. The summed E-state index contributed by atoms with van der Waals surface area (Å²) in [5.74, 6) is -3.10. The largest absolute Gasteiger partial charge is 0.423 e. The Labute approximate surface area is 139 Å². The van der Waals surface area contributed by atoms with E-state index in [1.165, 1.54) is 0 Å². The molecule has 2 aromatic carbocycles. The van der Waals surface area contributed by atoms with Crippen molar-refractivity contribution >= 4 is 27.7 Å². The van der Waals surface area contributed by atoms with Crippen molar-refractivity contribution in [2.24, 2.45) is 0 Å². The maximum atomic E-state index is 12.2. The molecular formula is C14H7NO9S. The number of ether oxygens (including phenoxy) is 2. The maximum Gasteiger partial charge on any atom is 0.350 e. The Balaban J connectivity index is 2.27. The number of nitro benzene ring substituents is 1. The van der Waals surface area contributed by atoms with E-state index < -0.39 is 48.9 Å². The average Bonchev–Trinajstić information content (AvgIpc) is 2.53. The molecule has 0 aromatic heterocycles. The molecule has 0 saturated heterocycles. The fourth-order valence-electron chi connectivity index (χ4n) is 2.14. The van der Waals surface area contributed by atoms with Crippen molar-refractivity contribution in [1.82, 2.24) is 0 Å². The van der Waals surface area contributed by atoms with Gasteiger partial charge in [0, 0.05) is 12.1 Å². The molecule has 0 atom stereocenters. The van der Waals surface area contributed by atoms with E-state index >= 15 is 0 Å². The molecule has 4 heterocycles. The summed E-state index contributed by atoms with van der Waals surface area (Å²) in [5.41, 5.74) is -1.46. The molecule has 0 unspecified atom stereocenters. The predicted octanol–water partition coefficient (Wildman–Crippen LogP) is 1.59. The van der Waals surface area contributed by atoms with Crippen molar-refractivity contribution < 1.29 is 37.0 Å². The Morgan fingerprint density at radius 3 is 2.36 bits per heavy atom. The Kier molecular flexibility index (Phi) is 3.74.